The van der Waals surface area contributed by atoms with Crippen LogP contribution in [0, 0.1) is 29.6 Å². The van der Waals surface area contributed by atoms with E-state index in [1.165, 1.54) is 17.5 Å². The van der Waals surface area contributed by atoms with Gasteiger partial charge in [-0.25, -0.2) is 4.98 Å². The largest absolute Gasteiger partial charge is 0.359 e. The molecule has 0 fully saturated rings. The van der Waals surface area contributed by atoms with Crippen LogP contribution in [0.5, 0.6) is 0 Å². The van der Waals surface area contributed by atoms with Crippen LogP contribution in [0.2, 0.25) is 5.02 Å². The number of allylic oxidation sites excluding steroid dienone is 1. The van der Waals surface area contributed by atoms with Crippen LogP contribution < -0.4 is 5.32 Å². The second kappa shape index (κ2) is 6.21. The Morgan fingerprint density at radius 2 is 2.25 bits per heavy atom. The molecule has 1 heterocycles. The van der Waals surface area contributed by atoms with E-state index in [4.69, 9.17) is 22.1 Å². The maximum absolute atomic E-state index is 9.17. The van der Waals surface area contributed by atoms with Crippen molar-refractivity contribution >= 4 is 34.2 Å². The number of benzene rings is 1. The first kappa shape index (κ1) is 14.1. The van der Waals surface area contributed by atoms with Crippen molar-refractivity contribution in [3.8, 4) is 12.1 Å². The van der Waals surface area contributed by atoms with Gasteiger partial charge in [-0.15, -0.1) is 11.3 Å². The van der Waals surface area contributed by atoms with Crippen molar-refractivity contribution in [3.63, 3.8) is 0 Å². The highest BCUT2D eigenvalue weighted by atomic mass is 35.5. The summed E-state index contributed by atoms with van der Waals surface area (Å²) in [5.74, 6) is 0. The van der Waals surface area contributed by atoms with Crippen LogP contribution in [0.25, 0.3) is 5.57 Å². The summed E-state index contributed by atoms with van der Waals surface area (Å²) >= 11 is 7.30. The molecule has 0 aliphatic heterocycles. The molecule has 1 aromatic heterocycles. The molecule has 2 aromatic rings. The van der Waals surface area contributed by atoms with Crippen molar-refractivity contribution in [2.75, 3.05) is 5.32 Å². The van der Waals surface area contributed by atoms with Crippen LogP contribution in [0.15, 0.2) is 29.8 Å². The summed E-state index contributed by atoms with van der Waals surface area (Å²) in [7, 11) is 0. The number of hydrogen-bond donors (Lipinski definition) is 1. The number of thiazole rings is 1. The molecule has 0 saturated heterocycles. The molecule has 98 valence electrons. The summed E-state index contributed by atoms with van der Waals surface area (Å²) in [5, 5.41) is 24.2. The molecule has 6 heteroatoms. The molecule has 1 N–H and O–H groups in total. The Kier molecular flexibility index (Phi) is 4.37. The Bertz CT molecular complexity index is 749. The number of nitriles is 2. The van der Waals surface area contributed by atoms with E-state index in [0.717, 1.165) is 5.69 Å². The smallest absolute Gasteiger partial charge is 0.135 e. The number of anilines is 1. The lowest BCUT2D eigenvalue weighted by molar-refractivity contribution is 1.24. The van der Waals surface area contributed by atoms with Gasteiger partial charge in [-0.3, -0.25) is 0 Å². The highest BCUT2D eigenvalue weighted by Crippen LogP contribution is 2.23. The van der Waals surface area contributed by atoms with E-state index in [1.54, 1.807) is 18.2 Å². The third kappa shape index (κ3) is 3.16. The highest BCUT2D eigenvalue weighted by molar-refractivity contribution is 7.10. The first-order valence-corrected chi connectivity index (χ1v) is 6.88. The minimum Gasteiger partial charge on any atom is -0.359 e. The second-order valence-corrected chi connectivity index (χ2v) is 5.20. The molecule has 2 rings (SSSR count). The molecule has 0 saturated carbocycles. The van der Waals surface area contributed by atoms with Gasteiger partial charge in [-0.1, -0.05) is 11.6 Å². The van der Waals surface area contributed by atoms with E-state index in [1.807, 2.05) is 12.3 Å². The molecular weight excluding hydrogens is 292 g/mol. The molecule has 0 unspecified atom stereocenters. The fourth-order valence-electron chi connectivity index (χ4n) is 1.50. The van der Waals surface area contributed by atoms with Gasteiger partial charge in [0.15, 0.2) is 0 Å². The maximum Gasteiger partial charge on any atom is 0.135 e. The molecule has 0 amide bonds. The lowest BCUT2D eigenvalue weighted by Gasteiger charge is -2.04. The standard InChI is InChI=1S/C14H9ClN4S/c1-9-8-20-14(19-9)11(6-17)7-18-13-4-12(15)3-2-10(13)5-16/h2-4,7-8,18H,1H3/b11-7+. The summed E-state index contributed by atoms with van der Waals surface area (Å²) in [6, 6.07) is 9.05. The maximum atomic E-state index is 9.17. The quantitative estimate of drug-likeness (QED) is 0.871. The van der Waals surface area contributed by atoms with Gasteiger partial charge in [0, 0.05) is 22.3 Å². The second-order valence-electron chi connectivity index (χ2n) is 3.91. The van der Waals surface area contributed by atoms with E-state index in [0.29, 0.717) is 26.9 Å². The Morgan fingerprint density at radius 1 is 1.45 bits per heavy atom. The summed E-state index contributed by atoms with van der Waals surface area (Å²) < 4.78 is 0. The van der Waals surface area contributed by atoms with E-state index < -0.39 is 0 Å². The monoisotopic (exact) mass is 300 g/mol. The normalized spacial score (nSPS) is 10.7. The average molecular weight is 301 g/mol. The number of aryl methyl sites for hydroxylation is 1. The number of nitrogens with one attached hydrogen (secondary N) is 1. The summed E-state index contributed by atoms with van der Waals surface area (Å²) in [6.45, 7) is 1.87. The lowest BCUT2D eigenvalue weighted by atomic mass is 10.2. The van der Waals surface area contributed by atoms with Crippen LogP contribution in [-0.4, -0.2) is 4.98 Å². The number of hydrogen-bond acceptors (Lipinski definition) is 5. The summed E-state index contributed by atoms with van der Waals surface area (Å²) in [4.78, 5) is 4.25. The average Bonchev–Trinajstić information content (AvgIpc) is 2.86. The zero-order valence-corrected chi connectivity index (χ0v) is 12.1. The third-order valence-electron chi connectivity index (χ3n) is 2.44. The van der Waals surface area contributed by atoms with Gasteiger partial charge in [0.25, 0.3) is 0 Å². The van der Waals surface area contributed by atoms with Crippen LogP contribution in [0.3, 0.4) is 0 Å². The molecule has 0 spiro atoms. The van der Waals surface area contributed by atoms with E-state index in [9.17, 15) is 0 Å². The molecule has 0 atom stereocenters. The van der Waals surface area contributed by atoms with Gasteiger partial charge in [-0.2, -0.15) is 10.5 Å². The number of halogens is 1. The Hall–Kier alpha value is -2.34. The SMILES string of the molecule is Cc1csc(/C(C#N)=C/Nc2cc(Cl)ccc2C#N)n1. The zero-order valence-electron chi connectivity index (χ0n) is 10.5. The molecule has 0 aliphatic carbocycles. The Balaban J connectivity index is 2.30. The fraction of sp³-hybridized carbons (Fsp3) is 0.0714. The van der Waals surface area contributed by atoms with Gasteiger partial charge in [0.1, 0.15) is 22.7 Å². The molecule has 0 radical (unpaired) electrons. The molecular formula is C14H9ClN4S. The molecule has 0 aliphatic rings. The molecule has 1 aromatic carbocycles. The van der Waals surface area contributed by atoms with Crippen molar-refractivity contribution in [2.45, 2.75) is 6.92 Å². The first-order valence-electron chi connectivity index (χ1n) is 5.63. The summed E-state index contributed by atoms with van der Waals surface area (Å²) in [5.41, 5.74) is 2.29. The molecule has 20 heavy (non-hydrogen) atoms. The predicted molar refractivity (Wildman–Crippen MR) is 80.2 cm³/mol. The topological polar surface area (TPSA) is 72.5 Å². The van der Waals surface area contributed by atoms with Crippen molar-refractivity contribution in [3.05, 3.63) is 51.1 Å². The number of rotatable bonds is 3. The first-order chi connectivity index (χ1) is 9.63. The third-order valence-corrected chi connectivity index (χ3v) is 3.67. The minimum atomic E-state index is 0.409. The van der Waals surface area contributed by atoms with E-state index in [2.05, 4.69) is 22.4 Å². The van der Waals surface area contributed by atoms with Gasteiger partial charge < -0.3 is 5.32 Å². The van der Waals surface area contributed by atoms with E-state index in [-0.39, 0.29) is 0 Å². The Labute approximate surface area is 125 Å². The van der Waals surface area contributed by atoms with Crippen LogP contribution in [0.4, 0.5) is 5.69 Å². The van der Waals surface area contributed by atoms with Gasteiger partial charge in [0.05, 0.1) is 11.3 Å². The van der Waals surface area contributed by atoms with Crippen molar-refractivity contribution in [1.82, 2.24) is 4.98 Å². The van der Waals surface area contributed by atoms with Crippen LogP contribution in [0.1, 0.15) is 16.3 Å². The van der Waals surface area contributed by atoms with Crippen molar-refractivity contribution < 1.29 is 0 Å². The van der Waals surface area contributed by atoms with Gasteiger partial charge in [-0.05, 0) is 25.1 Å². The highest BCUT2D eigenvalue weighted by Gasteiger charge is 2.06. The van der Waals surface area contributed by atoms with Crippen molar-refractivity contribution in [2.24, 2.45) is 0 Å². The number of nitrogens with zero attached hydrogens (tertiary/aromatic N) is 3. The predicted octanol–water partition coefficient (Wildman–Crippen LogP) is 3.95. The minimum absolute atomic E-state index is 0.409. The molecule has 4 nitrogen and oxygen atoms in total. The van der Waals surface area contributed by atoms with Gasteiger partial charge in [0.2, 0.25) is 0 Å². The number of aromatic nitrogens is 1. The summed E-state index contributed by atoms with van der Waals surface area (Å²) in [6.07, 6.45) is 1.53. The fourth-order valence-corrected chi connectivity index (χ4v) is 2.44. The van der Waals surface area contributed by atoms with E-state index >= 15 is 0 Å². The van der Waals surface area contributed by atoms with Crippen LogP contribution >= 0.6 is 22.9 Å². The zero-order chi connectivity index (χ0) is 14.5. The lowest BCUT2D eigenvalue weighted by Crippen LogP contribution is -1.94. The van der Waals surface area contributed by atoms with Crippen molar-refractivity contribution in [1.29, 1.82) is 10.5 Å². The van der Waals surface area contributed by atoms with Gasteiger partial charge >= 0.3 is 0 Å². The Morgan fingerprint density at radius 3 is 2.85 bits per heavy atom. The van der Waals surface area contributed by atoms with Crippen LogP contribution in [-0.2, 0) is 0 Å². The molecule has 0 bridgehead atoms.